The van der Waals surface area contributed by atoms with E-state index in [1.807, 2.05) is 0 Å². The van der Waals surface area contributed by atoms with E-state index in [-0.39, 0.29) is 10.7 Å². The van der Waals surface area contributed by atoms with Gasteiger partial charge in [0.05, 0.1) is 16.3 Å². The van der Waals surface area contributed by atoms with Gasteiger partial charge in [0.25, 0.3) is 0 Å². The van der Waals surface area contributed by atoms with E-state index in [9.17, 15) is 8.42 Å². The minimum atomic E-state index is -3.42. The van der Waals surface area contributed by atoms with Gasteiger partial charge in [-0.1, -0.05) is 12.2 Å². The molecule has 0 atom stereocenters. The van der Waals surface area contributed by atoms with Crippen LogP contribution in [0.25, 0.3) is 0 Å². The summed E-state index contributed by atoms with van der Waals surface area (Å²) in [7, 11) is -3.42. The van der Waals surface area contributed by atoms with Crippen molar-refractivity contribution in [3.8, 4) is 0 Å². The highest BCUT2D eigenvalue weighted by atomic mass is 32.2. The third-order valence-corrected chi connectivity index (χ3v) is 4.51. The van der Waals surface area contributed by atoms with Crippen LogP contribution in [-0.2, 0) is 16.4 Å². The second-order valence-corrected chi connectivity index (χ2v) is 6.80. The van der Waals surface area contributed by atoms with E-state index in [4.69, 9.17) is 18.0 Å². The topological polar surface area (TPSA) is 85.1 Å². The monoisotopic (exact) mass is 287 g/mol. The molecule has 0 fully saturated rings. The third kappa shape index (κ3) is 4.67. The summed E-state index contributed by atoms with van der Waals surface area (Å²) in [5.74, 6) is -0.0109. The van der Waals surface area contributed by atoms with Crippen LogP contribution in [0.3, 0.4) is 0 Å². The van der Waals surface area contributed by atoms with Crippen molar-refractivity contribution in [1.29, 1.82) is 0 Å². The molecule has 1 rings (SSSR count). The van der Waals surface area contributed by atoms with Crippen LogP contribution in [-0.4, -0.2) is 29.7 Å². The fraction of sp³-hybridized carbons (Fsp3) is 0.455. The molecule has 0 amide bonds. The Labute approximate surface area is 113 Å². The smallest absolute Gasteiger partial charge is 0.212 e. The molecule has 0 aliphatic carbocycles. The van der Waals surface area contributed by atoms with Crippen molar-refractivity contribution in [3.63, 3.8) is 0 Å². The maximum atomic E-state index is 11.9. The average molecular weight is 287 g/mol. The average Bonchev–Trinajstić information content (AvgIpc) is 2.26. The Morgan fingerprint density at radius 3 is 2.50 bits per heavy atom. The molecule has 3 N–H and O–H groups in total. The molecule has 18 heavy (non-hydrogen) atoms. The molecule has 100 valence electrons. The van der Waals surface area contributed by atoms with E-state index < -0.39 is 15.6 Å². The SMILES string of the molecule is CC(C)(NS(=O)(=O)CCc1ccncc1)C(N)=S. The van der Waals surface area contributed by atoms with Gasteiger partial charge < -0.3 is 5.73 Å². The van der Waals surface area contributed by atoms with Crippen LogP contribution in [0.2, 0.25) is 0 Å². The molecular weight excluding hydrogens is 270 g/mol. The first-order valence-electron chi connectivity index (χ1n) is 5.43. The Morgan fingerprint density at radius 2 is 2.00 bits per heavy atom. The maximum Gasteiger partial charge on any atom is 0.212 e. The van der Waals surface area contributed by atoms with E-state index in [2.05, 4.69) is 9.71 Å². The summed E-state index contributed by atoms with van der Waals surface area (Å²) in [6.45, 7) is 3.28. The first-order valence-corrected chi connectivity index (χ1v) is 7.49. The number of pyridine rings is 1. The van der Waals surface area contributed by atoms with Crippen LogP contribution in [0.5, 0.6) is 0 Å². The standard InChI is InChI=1S/C11H17N3O2S2/c1-11(2,10(12)17)14-18(15,16)8-5-9-3-6-13-7-4-9/h3-4,6-7,14H,5,8H2,1-2H3,(H2,12,17). The van der Waals surface area contributed by atoms with Crippen molar-refractivity contribution in [2.75, 3.05) is 5.75 Å². The number of aromatic nitrogens is 1. The number of thiocarbonyl (C=S) groups is 1. The lowest BCUT2D eigenvalue weighted by Gasteiger charge is -2.24. The van der Waals surface area contributed by atoms with Crippen LogP contribution in [0.1, 0.15) is 19.4 Å². The zero-order valence-corrected chi connectivity index (χ0v) is 12.0. The molecule has 5 nitrogen and oxygen atoms in total. The summed E-state index contributed by atoms with van der Waals surface area (Å²) in [5.41, 5.74) is 5.49. The van der Waals surface area contributed by atoms with Crippen LogP contribution in [0, 0.1) is 0 Å². The van der Waals surface area contributed by atoms with Gasteiger partial charge in [-0.15, -0.1) is 0 Å². The lowest BCUT2D eigenvalue weighted by atomic mass is 10.1. The summed E-state index contributed by atoms with van der Waals surface area (Å²) in [6, 6.07) is 3.57. The van der Waals surface area contributed by atoms with Crippen LogP contribution >= 0.6 is 12.2 Å². The lowest BCUT2D eigenvalue weighted by molar-refractivity contribution is 0.545. The second kappa shape index (κ2) is 5.73. The Hall–Kier alpha value is -1.05. The Bertz CT molecular complexity index is 512. The molecule has 1 heterocycles. The van der Waals surface area contributed by atoms with Gasteiger partial charge in [0, 0.05) is 12.4 Å². The molecule has 0 spiro atoms. The molecule has 0 unspecified atom stereocenters. The predicted octanol–water partition coefficient (Wildman–Crippen LogP) is 0.608. The Kier molecular flexibility index (Phi) is 4.78. The van der Waals surface area contributed by atoms with Gasteiger partial charge >= 0.3 is 0 Å². The summed E-state index contributed by atoms with van der Waals surface area (Å²) in [6.07, 6.45) is 3.69. The quantitative estimate of drug-likeness (QED) is 0.749. The van der Waals surface area contributed by atoms with Crippen molar-refractivity contribution in [2.45, 2.75) is 25.8 Å². The molecule has 0 aromatic carbocycles. The Balaban J connectivity index is 2.64. The number of rotatable bonds is 6. The number of hydrogen-bond acceptors (Lipinski definition) is 4. The minimum Gasteiger partial charge on any atom is -0.392 e. The summed E-state index contributed by atoms with van der Waals surface area (Å²) in [5, 5.41) is 0. The highest BCUT2D eigenvalue weighted by Crippen LogP contribution is 2.07. The molecule has 7 heteroatoms. The number of aryl methyl sites for hydroxylation is 1. The predicted molar refractivity (Wildman–Crippen MR) is 75.7 cm³/mol. The number of nitrogens with two attached hydrogens (primary N) is 1. The normalized spacial score (nSPS) is 12.3. The van der Waals surface area contributed by atoms with E-state index in [0.29, 0.717) is 6.42 Å². The summed E-state index contributed by atoms with van der Waals surface area (Å²) in [4.78, 5) is 3.99. The number of sulfonamides is 1. The number of nitrogens with one attached hydrogen (secondary N) is 1. The molecule has 0 aliphatic rings. The van der Waals surface area contributed by atoms with Gasteiger partial charge in [0.15, 0.2) is 0 Å². The second-order valence-electron chi connectivity index (χ2n) is 4.52. The fourth-order valence-corrected chi connectivity index (χ4v) is 2.90. The van der Waals surface area contributed by atoms with E-state index in [0.717, 1.165) is 5.56 Å². The molecule has 0 bridgehead atoms. The third-order valence-electron chi connectivity index (χ3n) is 2.44. The van der Waals surface area contributed by atoms with Crippen molar-refractivity contribution in [2.24, 2.45) is 5.73 Å². The first kappa shape index (κ1) is 15.0. The molecule has 0 saturated carbocycles. The first-order chi connectivity index (χ1) is 8.23. The maximum absolute atomic E-state index is 11.9. The summed E-state index contributed by atoms with van der Waals surface area (Å²) >= 11 is 4.82. The fourth-order valence-electron chi connectivity index (χ4n) is 1.29. The van der Waals surface area contributed by atoms with Crippen molar-refractivity contribution in [3.05, 3.63) is 30.1 Å². The number of nitrogens with zero attached hydrogens (tertiary/aromatic N) is 1. The molecule has 1 aromatic heterocycles. The number of hydrogen-bond donors (Lipinski definition) is 2. The molecule has 1 aromatic rings. The molecule has 0 aliphatic heterocycles. The van der Waals surface area contributed by atoms with Gasteiger partial charge in [0.1, 0.15) is 0 Å². The van der Waals surface area contributed by atoms with Crippen molar-refractivity contribution in [1.82, 2.24) is 9.71 Å². The minimum absolute atomic E-state index is 0.0109. The van der Waals surface area contributed by atoms with E-state index in [1.54, 1.807) is 38.4 Å². The van der Waals surface area contributed by atoms with Gasteiger partial charge in [-0.25, -0.2) is 13.1 Å². The highest BCUT2D eigenvalue weighted by molar-refractivity contribution is 7.89. The van der Waals surface area contributed by atoms with E-state index in [1.165, 1.54) is 0 Å². The lowest BCUT2D eigenvalue weighted by Crippen LogP contribution is -2.52. The van der Waals surface area contributed by atoms with Gasteiger partial charge in [-0.3, -0.25) is 4.98 Å². The molecule has 0 saturated heterocycles. The van der Waals surface area contributed by atoms with Gasteiger partial charge in [-0.2, -0.15) is 0 Å². The van der Waals surface area contributed by atoms with E-state index >= 15 is 0 Å². The van der Waals surface area contributed by atoms with Gasteiger partial charge in [0.2, 0.25) is 10.0 Å². The van der Waals surface area contributed by atoms with Crippen LogP contribution < -0.4 is 10.5 Å². The van der Waals surface area contributed by atoms with Crippen LogP contribution in [0.15, 0.2) is 24.5 Å². The molecule has 0 radical (unpaired) electrons. The van der Waals surface area contributed by atoms with Crippen LogP contribution in [0.4, 0.5) is 0 Å². The zero-order valence-electron chi connectivity index (χ0n) is 10.4. The van der Waals surface area contributed by atoms with Crippen molar-refractivity contribution < 1.29 is 8.42 Å². The Morgan fingerprint density at radius 1 is 1.44 bits per heavy atom. The highest BCUT2D eigenvalue weighted by Gasteiger charge is 2.27. The molecular formula is C11H17N3O2S2. The zero-order chi connectivity index (χ0) is 13.8. The largest absolute Gasteiger partial charge is 0.392 e. The van der Waals surface area contributed by atoms with Gasteiger partial charge in [-0.05, 0) is 38.0 Å². The summed E-state index contributed by atoms with van der Waals surface area (Å²) < 4.78 is 26.3. The van der Waals surface area contributed by atoms with Crippen molar-refractivity contribution >= 4 is 27.2 Å².